The summed E-state index contributed by atoms with van der Waals surface area (Å²) in [4.78, 5) is 14.3. The molecular weight excluding hydrogens is 276 g/mol. The van der Waals surface area contributed by atoms with E-state index in [2.05, 4.69) is 10.4 Å². The third-order valence-corrected chi connectivity index (χ3v) is 2.69. The van der Waals surface area contributed by atoms with E-state index in [-0.39, 0.29) is 24.0 Å². The van der Waals surface area contributed by atoms with E-state index in [4.69, 9.17) is 15.3 Å². The number of ether oxygens (including phenoxy) is 2. The Balaban J connectivity index is 2.19. The molecule has 2 rings (SSSR count). The summed E-state index contributed by atoms with van der Waals surface area (Å²) in [6.45, 7) is 0.124. The van der Waals surface area contributed by atoms with Gasteiger partial charge in [-0.1, -0.05) is 12.1 Å². The molecule has 0 spiro atoms. The van der Waals surface area contributed by atoms with Crippen LogP contribution in [-0.4, -0.2) is 17.0 Å². The molecule has 1 heterocycles. The minimum Gasteiger partial charge on any atom is -0.497 e. The molecule has 0 atom stereocenters. The molecule has 0 amide bonds. The number of nitrogens with two attached hydrogens (primary N) is 1. The van der Waals surface area contributed by atoms with Gasteiger partial charge in [0.1, 0.15) is 18.2 Å². The second kappa shape index (κ2) is 6.53. The van der Waals surface area contributed by atoms with E-state index in [1.807, 2.05) is 6.07 Å². The number of nitrogens with zero attached hydrogens (tertiary/aromatic N) is 2. The van der Waals surface area contributed by atoms with E-state index >= 15 is 0 Å². The average molecular weight is 290 g/mol. The number of hydrazine groups is 1. The topological polar surface area (TPSA) is 113 Å². The number of hydrogen-bond acceptors (Lipinski definition) is 7. The maximum atomic E-state index is 10.9. The molecule has 8 heteroatoms. The van der Waals surface area contributed by atoms with Crippen molar-refractivity contribution in [2.75, 3.05) is 12.5 Å². The Morgan fingerprint density at radius 2 is 2.19 bits per heavy atom. The van der Waals surface area contributed by atoms with E-state index < -0.39 is 4.92 Å². The van der Waals surface area contributed by atoms with Crippen LogP contribution in [0.5, 0.6) is 11.6 Å². The maximum Gasteiger partial charge on any atom is 0.331 e. The first-order valence-electron chi connectivity index (χ1n) is 6.02. The van der Waals surface area contributed by atoms with E-state index in [1.165, 1.54) is 12.1 Å². The number of rotatable bonds is 6. The Bertz CT molecular complexity index is 648. The standard InChI is InChI=1S/C13H14N4O4/c1-20-10-4-2-3-9(7-10)8-21-13-11(17(18)19)5-6-12(15-13)16-14/h2-7H,8,14H2,1H3,(H,15,16). The van der Waals surface area contributed by atoms with Crippen LogP contribution in [0.25, 0.3) is 0 Å². The molecule has 1 aromatic carbocycles. The zero-order chi connectivity index (χ0) is 15.2. The Morgan fingerprint density at radius 3 is 2.86 bits per heavy atom. The lowest BCUT2D eigenvalue weighted by Gasteiger charge is -2.08. The van der Waals surface area contributed by atoms with Crippen LogP contribution >= 0.6 is 0 Å². The van der Waals surface area contributed by atoms with Crippen molar-refractivity contribution in [3.8, 4) is 11.6 Å². The number of pyridine rings is 1. The highest BCUT2D eigenvalue weighted by atomic mass is 16.6. The Kier molecular flexibility index (Phi) is 4.52. The van der Waals surface area contributed by atoms with Crippen molar-refractivity contribution in [2.45, 2.75) is 6.61 Å². The Hall–Kier alpha value is -2.87. The van der Waals surface area contributed by atoms with Crippen molar-refractivity contribution in [3.05, 3.63) is 52.1 Å². The molecule has 0 aliphatic heterocycles. The number of anilines is 1. The number of benzene rings is 1. The summed E-state index contributed by atoms with van der Waals surface area (Å²) < 4.78 is 10.5. The molecule has 3 N–H and O–H groups in total. The van der Waals surface area contributed by atoms with E-state index in [0.717, 1.165) is 5.56 Å². The van der Waals surface area contributed by atoms with Gasteiger partial charge in [-0.05, 0) is 23.8 Å². The molecule has 110 valence electrons. The van der Waals surface area contributed by atoms with E-state index in [0.29, 0.717) is 5.75 Å². The quantitative estimate of drug-likeness (QED) is 0.474. The van der Waals surface area contributed by atoms with Crippen LogP contribution in [-0.2, 0) is 6.61 Å². The van der Waals surface area contributed by atoms with Crippen LogP contribution in [0.3, 0.4) is 0 Å². The SMILES string of the molecule is COc1cccc(COc2nc(NN)ccc2[N+](=O)[O-])c1. The summed E-state index contributed by atoms with van der Waals surface area (Å²) in [7, 11) is 1.56. The summed E-state index contributed by atoms with van der Waals surface area (Å²) in [6, 6.07) is 9.87. The third-order valence-electron chi connectivity index (χ3n) is 2.69. The first-order valence-corrected chi connectivity index (χ1v) is 6.02. The van der Waals surface area contributed by atoms with Gasteiger partial charge >= 0.3 is 5.69 Å². The van der Waals surface area contributed by atoms with Crippen molar-refractivity contribution in [1.29, 1.82) is 0 Å². The summed E-state index contributed by atoms with van der Waals surface area (Å²) in [5.41, 5.74) is 2.89. The highest BCUT2D eigenvalue weighted by Crippen LogP contribution is 2.27. The minimum atomic E-state index is -0.561. The van der Waals surface area contributed by atoms with Crippen LogP contribution < -0.4 is 20.7 Å². The van der Waals surface area contributed by atoms with Crippen molar-refractivity contribution < 1.29 is 14.4 Å². The monoisotopic (exact) mass is 290 g/mol. The third kappa shape index (κ3) is 3.57. The average Bonchev–Trinajstić information content (AvgIpc) is 2.52. The second-order valence-corrected chi connectivity index (χ2v) is 4.06. The fourth-order valence-electron chi connectivity index (χ4n) is 1.67. The first-order chi connectivity index (χ1) is 10.1. The molecule has 8 nitrogen and oxygen atoms in total. The van der Waals surface area contributed by atoms with Crippen molar-refractivity contribution >= 4 is 11.5 Å². The molecule has 2 aromatic rings. The van der Waals surface area contributed by atoms with Gasteiger partial charge in [0.25, 0.3) is 5.88 Å². The Morgan fingerprint density at radius 1 is 1.38 bits per heavy atom. The van der Waals surface area contributed by atoms with Gasteiger partial charge in [0.15, 0.2) is 0 Å². The molecule has 0 aliphatic carbocycles. The minimum absolute atomic E-state index is 0.0988. The lowest BCUT2D eigenvalue weighted by atomic mass is 10.2. The number of aromatic nitrogens is 1. The highest BCUT2D eigenvalue weighted by molar-refractivity contribution is 5.48. The van der Waals surface area contributed by atoms with Crippen LogP contribution in [0.1, 0.15) is 5.56 Å². The zero-order valence-electron chi connectivity index (χ0n) is 11.3. The predicted octanol–water partition coefficient (Wildman–Crippen LogP) is 1.86. The molecular formula is C13H14N4O4. The molecule has 1 aromatic heterocycles. The molecule has 0 fully saturated rings. The van der Waals surface area contributed by atoms with Gasteiger partial charge in [-0.25, -0.2) is 5.84 Å². The molecule has 0 saturated heterocycles. The molecule has 0 unspecified atom stereocenters. The zero-order valence-corrected chi connectivity index (χ0v) is 11.3. The van der Waals surface area contributed by atoms with Gasteiger partial charge < -0.3 is 14.9 Å². The van der Waals surface area contributed by atoms with Crippen LogP contribution in [0.15, 0.2) is 36.4 Å². The summed E-state index contributed by atoms with van der Waals surface area (Å²) >= 11 is 0. The van der Waals surface area contributed by atoms with Crippen LogP contribution in [0.4, 0.5) is 11.5 Å². The van der Waals surface area contributed by atoms with Gasteiger partial charge in [-0.15, -0.1) is 0 Å². The van der Waals surface area contributed by atoms with Crippen LogP contribution in [0.2, 0.25) is 0 Å². The van der Waals surface area contributed by atoms with Gasteiger partial charge in [-0.2, -0.15) is 4.98 Å². The highest BCUT2D eigenvalue weighted by Gasteiger charge is 2.17. The maximum absolute atomic E-state index is 10.9. The normalized spacial score (nSPS) is 10.0. The summed E-state index contributed by atoms with van der Waals surface area (Å²) in [5.74, 6) is 6.09. The fraction of sp³-hybridized carbons (Fsp3) is 0.154. The molecule has 0 bridgehead atoms. The largest absolute Gasteiger partial charge is 0.497 e. The lowest BCUT2D eigenvalue weighted by molar-refractivity contribution is -0.386. The van der Waals surface area contributed by atoms with Gasteiger partial charge in [0.2, 0.25) is 0 Å². The van der Waals surface area contributed by atoms with E-state index in [1.54, 1.807) is 25.3 Å². The second-order valence-electron chi connectivity index (χ2n) is 4.06. The Labute approximate surface area is 120 Å². The lowest BCUT2D eigenvalue weighted by Crippen LogP contribution is -2.10. The fourth-order valence-corrected chi connectivity index (χ4v) is 1.67. The number of nitrogen functional groups attached to an aromatic ring is 1. The molecule has 0 saturated carbocycles. The van der Waals surface area contributed by atoms with Crippen LogP contribution in [0, 0.1) is 10.1 Å². The summed E-state index contributed by atoms with van der Waals surface area (Å²) in [6.07, 6.45) is 0. The van der Waals surface area contributed by atoms with Crippen molar-refractivity contribution in [3.63, 3.8) is 0 Å². The smallest absolute Gasteiger partial charge is 0.331 e. The number of nitro groups is 1. The number of methoxy groups -OCH3 is 1. The van der Waals surface area contributed by atoms with E-state index in [9.17, 15) is 10.1 Å². The van der Waals surface area contributed by atoms with Gasteiger partial charge in [0, 0.05) is 6.07 Å². The molecule has 21 heavy (non-hydrogen) atoms. The first kappa shape index (κ1) is 14.5. The van der Waals surface area contributed by atoms with Gasteiger partial charge in [0.05, 0.1) is 12.0 Å². The summed E-state index contributed by atoms with van der Waals surface area (Å²) in [5, 5.41) is 10.9. The van der Waals surface area contributed by atoms with Crippen molar-refractivity contribution in [1.82, 2.24) is 4.98 Å². The number of hydrogen-bond donors (Lipinski definition) is 2. The number of nitrogens with one attached hydrogen (secondary N) is 1. The molecule has 0 aliphatic rings. The van der Waals surface area contributed by atoms with Crippen molar-refractivity contribution in [2.24, 2.45) is 5.84 Å². The molecule has 0 radical (unpaired) electrons. The van der Waals surface area contributed by atoms with Gasteiger partial charge in [-0.3, -0.25) is 10.1 Å². The predicted molar refractivity (Wildman–Crippen MR) is 76.0 cm³/mol.